The van der Waals surface area contributed by atoms with Gasteiger partial charge in [-0.15, -0.1) is 11.3 Å². The molecule has 2 heterocycles. The molecule has 1 N–H and O–H groups in total. The average molecular weight is 408 g/mol. The van der Waals surface area contributed by atoms with E-state index in [0.29, 0.717) is 0 Å². The van der Waals surface area contributed by atoms with Gasteiger partial charge in [0, 0.05) is 41.3 Å². The number of aliphatic hydroxyl groups is 1. The van der Waals surface area contributed by atoms with Crippen LogP contribution in [0.15, 0.2) is 66.7 Å². The number of hydrogen-bond donors (Lipinski definition) is 1. The fourth-order valence-electron chi connectivity index (χ4n) is 3.92. The van der Waals surface area contributed by atoms with Crippen molar-refractivity contribution in [1.82, 2.24) is 4.90 Å². The molecule has 1 saturated heterocycles. The summed E-state index contributed by atoms with van der Waals surface area (Å²) in [5.74, 6) is -0.275. The number of non-ortho nitro benzene ring substituents is 1. The van der Waals surface area contributed by atoms with Crippen molar-refractivity contribution in [2.75, 3.05) is 7.05 Å². The van der Waals surface area contributed by atoms with Gasteiger partial charge >= 0.3 is 0 Å². The normalized spacial score (nSPS) is 20.1. The van der Waals surface area contributed by atoms with E-state index >= 15 is 0 Å². The maximum absolute atomic E-state index is 12.4. The van der Waals surface area contributed by atoms with Crippen molar-refractivity contribution >= 4 is 22.9 Å². The van der Waals surface area contributed by atoms with E-state index in [4.69, 9.17) is 0 Å². The summed E-state index contributed by atoms with van der Waals surface area (Å²) in [6.45, 7) is 0. The van der Waals surface area contributed by atoms with Gasteiger partial charge in [-0.05, 0) is 23.3 Å². The molecule has 4 rings (SSSR count). The highest BCUT2D eigenvalue weighted by molar-refractivity contribution is 7.15. The fraction of sp³-hybridized carbons (Fsp3) is 0.227. The zero-order valence-corrected chi connectivity index (χ0v) is 16.6. The van der Waals surface area contributed by atoms with Crippen LogP contribution < -0.4 is 0 Å². The lowest BCUT2D eigenvalue weighted by Crippen LogP contribution is -2.36. The Morgan fingerprint density at radius 1 is 1.10 bits per heavy atom. The highest BCUT2D eigenvalue weighted by atomic mass is 32.1. The Balaban J connectivity index is 1.63. The molecule has 7 heteroatoms. The number of nitrogens with zero attached hydrogens (tertiary/aromatic N) is 2. The standard InChI is InChI=1S/C22H20N2O4S/c1-23-20(25)13-17(14-7-9-16(10-8-14)24(27)28)21(23)22(26)19-12-11-18(29-19)15-5-3-2-4-6-15/h2-12,17,21-22,26H,13H2,1H3/t17-,21-,22+/m1/s1. The first-order chi connectivity index (χ1) is 14.0. The molecule has 148 valence electrons. The summed E-state index contributed by atoms with van der Waals surface area (Å²) >= 11 is 1.51. The number of aliphatic hydroxyl groups excluding tert-OH is 1. The van der Waals surface area contributed by atoms with Gasteiger partial charge in [0.25, 0.3) is 5.69 Å². The Morgan fingerprint density at radius 2 is 1.79 bits per heavy atom. The summed E-state index contributed by atoms with van der Waals surface area (Å²) in [5.41, 5.74) is 1.91. The van der Waals surface area contributed by atoms with Gasteiger partial charge in [0.15, 0.2) is 0 Å². The first-order valence-corrected chi connectivity index (χ1v) is 10.1. The van der Waals surface area contributed by atoms with E-state index in [1.165, 1.54) is 23.5 Å². The van der Waals surface area contributed by atoms with Gasteiger partial charge in [0.05, 0.1) is 11.0 Å². The van der Waals surface area contributed by atoms with Gasteiger partial charge in [0.1, 0.15) is 6.10 Å². The van der Waals surface area contributed by atoms with E-state index in [1.54, 1.807) is 24.1 Å². The number of likely N-dealkylation sites (tertiary alicyclic amines) is 1. The lowest BCUT2D eigenvalue weighted by atomic mass is 9.88. The predicted molar refractivity (Wildman–Crippen MR) is 112 cm³/mol. The van der Waals surface area contributed by atoms with Gasteiger partial charge in [-0.25, -0.2) is 0 Å². The average Bonchev–Trinajstić information content (AvgIpc) is 3.34. The van der Waals surface area contributed by atoms with Gasteiger partial charge in [0.2, 0.25) is 5.91 Å². The zero-order valence-electron chi connectivity index (χ0n) is 15.8. The van der Waals surface area contributed by atoms with Crippen molar-refractivity contribution in [3.05, 3.63) is 87.3 Å². The van der Waals surface area contributed by atoms with Crippen molar-refractivity contribution in [2.45, 2.75) is 24.5 Å². The van der Waals surface area contributed by atoms with Crippen LogP contribution in [0.4, 0.5) is 5.69 Å². The van der Waals surface area contributed by atoms with Crippen molar-refractivity contribution < 1.29 is 14.8 Å². The largest absolute Gasteiger partial charge is 0.385 e. The number of benzene rings is 2. The van der Waals surface area contributed by atoms with Gasteiger partial charge in [-0.3, -0.25) is 14.9 Å². The number of nitro benzene ring substituents is 1. The number of rotatable bonds is 5. The third-order valence-electron chi connectivity index (χ3n) is 5.48. The topological polar surface area (TPSA) is 83.7 Å². The Kier molecular flexibility index (Phi) is 5.17. The summed E-state index contributed by atoms with van der Waals surface area (Å²) in [5, 5.41) is 22.1. The van der Waals surface area contributed by atoms with Crippen LogP contribution in [-0.2, 0) is 4.79 Å². The lowest BCUT2D eigenvalue weighted by molar-refractivity contribution is -0.384. The molecule has 0 bridgehead atoms. The molecule has 1 fully saturated rings. The SMILES string of the molecule is CN1C(=O)C[C@H](c2ccc([N+](=O)[O-])cc2)[C@@H]1[C@@H](O)c1ccc(-c2ccccc2)s1. The van der Waals surface area contributed by atoms with E-state index in [2.05, 4.69) is 0 Å². The Morgan fingerprint density at radius 3 is 2.45 bits per heavy atom. The number of carbonyl (C=O) groups is 1. The van der Waals surface area contributed by atoms with E-state index in [9.17, 15) is 20.0 Å². The molecule has 29 heavy (non-hydrogen) atoms. The highest BCUT2D eigenvalue weighted by Gasteiger charge is 2.43. The Bertz CT molecular complexity index is 1030. The zero-order chi connectivity index (χ0) is 20.5. The van der Waals surface area contributed by atoms with Crippen LogP contribution in [0.25, 0.3) is 10.4 Å². The number of hydrogen-bond acceptors (Lipinski definition) is 5. The molecule has 6 nitrogen and oxygen atoms in total. The second-order valence-corrected chi connectivity index (χ2v) is 8.28. The summed E-state index contributed by atoms with van der Waals surface area (Å²) < 4.78 is 0. The number of thiophene rings is 1. The molecule has 0 radical (unpaired) electrons. The van der Waals surface area contributed by atoms with Gasteiger partial charge in [-0.2, -0.15) is 0 Å². The molecule has 3 aromatic rings. The number of amides is 1. The molecular formula is C22H20N2O4S. The molecule has 1 aliphatic rings. The van der Waals surface area contributed by atoms with Gasteiger partial charge < -0.3 is 10.0 Å². The summed E-state index contributed by atoms with van der Waals surface area (Å²) in [6.07, 6.45) is -0.568. The molecule has 0 unspecified atom stereocenters. The molecular weight excluding hydrogens is 388 g/mol. The maximum atomic E-state index is 12.4. The van der Waals surface area contributed by atoms with Crippen molar-refractivity contribution in [3.8, 4) is 10.4 Å². The minimum absolute atomic E-state index is 0.00860. The molecule has 2 aromatic carbocycles. The Hall–Kier alpha value is -3.03. The second kappa shape index (κ2) is 7.77. The second-order valence-electron chi connectivity index (χ2n) is 7.17. The first kappa shape index (κ1) is 19.3. The van der Waals surface area contributed by atoms with Crippen LogP contribution in [0, 0.1) is 10.1 Å². The number of carbonyl (C=O) groups excluding carboxylic acids is 1. The van der Waals surface area contributed by atoms with Crippen molar-refractivity contribution in [1.29, 1.82) is 0 Å². The summed E-state index contributed by atoms with van der Waals surface area (Å²) in [6, 6.07) is 19.7. The molecule has 1 aliphatic heterocycles. The smallest absolute Gasteiger partial charge is 0.269 e. The van der Waals surface area contributed by atoms with Crippen LogP contribution in [-0.4, -0.2) is 33.9 Å². The summed E-state index contributed by atoms with van der Waals surface area (Å²) in [7, 11) is 1.70. The fourth-order valence-corrected chi connectivity index (χ4v) is 4.96. The van der Waals surface area contributed by atoms with E-state index in [0.717, 1.165) is 20.9 Å². The monoisotopic (exact) mass is 408 g/mol. The van der Waals surface area contributed by atoms with Crippen LogP contribution in [0.3, 0.4) is 0 Å². The van der Waals surface area contributed by atoms with Crippen molar-refractivity contribution in [2.24, 2.45) is 0 Å². The van der Waals surface area contributed by atoms with Crippen molar-refractivity contribution in [3.63, 3.8) is 0 Å². The Labute approximate surface area is 172 Å². The van der Waals surface area contributed by atoms with Crippen LogP contribution in [0.1, 0.15) is 28.9 Å². The van der Waals surface area contributed by atoms with Gasteiger partial charge in [-0.1, -0.05) is 42.5 Å². The maximum Gasteiger partial charge on any atom is 0.269 e. The van der Waals surface area contributed by atoms with Crippen LogP contribution in [0.2, 0.25) is 0 Å². The molecule has 1 amide bonds. The third-order valence-corrected chi connectivity index (χ3v) is 6.68. The highest BCUT2D eigenvalue weighted by Crippen LogP contribution is 2.42. The summed E-state index contributed by atoms with van der Waals surface area (Å²) in [4.78, 5) is 26.3. The minimum atomic E-state index is -0.839. The number of likely N-dealkylation sites (N-methyl/N-ethyl adjacent to an activating group) is 1. The minimum Gasteiger partial charge on any atom is -0.385 e. The van der Waals surface area contributed by atoms with Crippen LogP contribution in [0.5, 0.6) is 0 Å². The molecule has 0 aliphatic carbocycles. The molecule has 0 saturated carbocycles. The van der Waals surface area contributed by atoms with E-state index < -0.39 is 17.1 Å². The third kappa shape index (κ3) is 3.66. The van der Waals surface area contributed by atoms with E-state index in [1.807, 2.05) is 42.5 Å². The quantitative estimate of drug-likeness (QED) is 0.502. The van der Waals surface area contributed by atoms with E-state index in [-0.39, 0.29) is 23.9 Å². The molecule has 1 aromatic heterocycles. The molecule has 0 spiro atoms. The molecule has 3 atom stereocenters. The lowest BCUT2D eigenvalue weighted by Gasteiger charge is -2.29. The van der Waals surface area contributed by atoms with Crippen LogP contribution >= 0.6 is 11.3 Å². The predicted octanol–water partition coefficient (Wildman–Crippen LogP) is 4.37. The number of nitro groups is 1. The first-order valence-electron chi connectivity index (χ1n) is 9.29.